The number of aromatic nitrogens is 2. The lowest BCUT2D eigenvalue weighted by molar-refractivity contribution is -0.120. The maximum absolute atomic E-state index is 14.4. The van der Waals surface area contributed by atoms with E-state index in [4.69, 9.17) is 14.8 Å². The molecule has 0 spiro atoms. The van der Waals surface area contributed by atoms with Gasteiger partial charge in [-0.3, -0.25) is 14.9 Å². The van der Waals surface area contributed by atoms with E-state index in [1.54, 1.807) is 32.2 Å². The number of carbonyl (C=O) groups excluding carboxylic acids is 1. The maximum atomic E-state index is 14.4. The van der Waals surface area contributed by atoms with Crippen LogP contribution in [0, 0.1) is 29.5 Å². The van der Waals surface area contributed by atoms with Gasteiger partial charge >= 0.3 is 0 Å². The fourth-order valence-electron chi connectivity index (χ4n) is 4.26. The molecule has 0 fully saturated rings. The van der Waals surface area contributed by atoms with E-state index in [0.717, 1.165) is 24.8 Å². The van der Waals surface area contributed by atoms with Crippen molar-refractivity contribution in [2.75, 3.05) is 6.61 Å². The van der Waals surface area contributed by atoms with Crippen molar-refractivity contribution in [3.05, 3.63) is 82.9 Å². The van der Waals surface area contributed by atoms with E-state index in [2.05, 4.69) is 23.7 Å². The zero-order chi connectivity index (χ0) is 30.7. The Balaban J connectivity index is 0.00000108. The van der Waals surface area contributed by atoms with Crippen LogP contribution in [0.4, 0.5) is 8.78 Å². The summed E-state index contributed by atoms with van der Waals surface area (Å²) in [6, 6.07) is 4.37. The van der Waals surface area contributed by atoms with Gasteiger partial charge in [-0.25, -0.2) is 4.39 Å². The van der Waals surface area contributed by atoms with Crippen molar-refractivity contribution < 1.29 is 23.4 Å². The number of rotatable bonds is 11. The number of aliphatic hydroxyl groups is 1. The molecular weight excluding hydrogens is 524 g/mol. The summed E-state index contributed by atoms with van der Waals surface area (Å²) in [5.74, 6) is -0.815. The van der Waals surface area contributed by atoms with E-state index in [0.29, 0.717) is 40.2 Å². The second-order valence-electron chi connectivity index (χ2n) is 10.6. The minimum atomic E-state index is -0.544. The van der Waals surface area contributed by atoms with Crippen LogP contribution in [-0.2, 0) is 11.2 Å². The number of benzene rings is 1. The van der Waals surface area contributed by atoms with E-state index in [1.165, 1.54) is 18.3 Å². The minimum Gasteiger partial charge on any atom is -0.493 e. The number of ether oxygens (including phenoxy) is 1. The predicted octanol–water partition coefficient (Wildman–Crippen LogP) is 7.55. The first-order chi connectivity index (χ1) is 19.5. The van der Waals surface area contributed by atoms with Crippen LogP contribution in [0.15, 0.2) is 65.0 Å². The highest BCUT2D eigenvalue weighted by atomic mass is 19.1. The molecule has 1 aliphatic rings. The molecule has 1 aliphatic heterocycles. The van der Waals surface area contributed by atoms with Gasteiger partial charge < -0.3 is 9.84 Å². The number of carbonyl (C=O) groups is 1. The Kier molecular flexibility index (Phi) is 13.3. The van der Waals surface area contributed by atoms with Crippen LogP contribution in [0.3, 0.4) is 0 Å². The number of nitrogens with zero attached hydrogens (tertiary/aromatic N) is 2. The minimum absolute atomic E-state index is 0.0330. The molecule has 0 saturated heterocycles. The van der Waals surface area contributed by atoms with Crippen LogP contribution in [0.5, 0.6) is 5.75 Å². The number of aliphatic imine (C=N–C) groups is 1. The van der Waals surface area contributed by atoms with Crippen LogP contribution in [-0.4, -0.2) is 39.5 Å². The highest BCUT2D eigenvalue weighted by Crippen LogP contribution is 2.33. The molecule has 0 radical (unpaired) electrons. The normalized spacial score (nSPS) is 17.9. The second-order valence-corrected chi connectivity index (χ2v) is 10.6. The number of Topliss-reactive ketones (excluding diaryl/α,β-unsaturated/α-hetero) is 1. The summed E-state index contributed by atoms with van der Waals surface area (Å²) in [4.78, 5) is 18.5. The number of fused-ring (bicyclic) bond motifs is 1. The SMILES string of the molecule is C=C(C(=C\N=C(c1cn[nH]c1F)C(C)CC)/C(=C\C)C(=O)C1COc2ccc(F)cc2C1)C(C)CC.CC[C@@H](C)O. The molecule has 1 aromatic heterocycles. The smallest absolute Gasteiger partial charge is 0.218 e. The molecule has 3 rings (SSSR count). The van der Waals surface area contributed by atoms with Gasteiger partial charge in [0.25, 0.3) is 0 Å². The molecule has 2 heterocycles. The second kappa shape index (κ2) is 16.2. The summed E-state index contributed by atoms with van der Waals surface area (Å²) in [5.41, 5.74) is 3.41. The lowest BCUT2D eigenvalue weighted by atomic mass is 9.82. The van der Waals surface area contributed by atoms with Gasteiger partial charge in [0.2, 0.25) is 5.95 Å². The van der Waals surface area contributed by atoms with Crippen molar-refractivity contribution in [3.8, 4) is 5.75 Å². The summed E-state index contributed by atoms with van der Waals surface area (Å²) in [6.07, 6.45) is 7.54. The summed E-state index contributed by atoms with van der Waals surface area (Å²) in [6.45, 7) is 18.1. The number of allylic oxidation sites excluding steroid dienone is 4. The number of halogens is 2. The number of aromatic amines is 1. The quantitative estimate of drug-likeness (QED) is 0.166. The van der Waals surface area contributed by atoms with Gasteiger partial charge in [-0.1, -0.05) is 47.3 Å². The van der Waals surface area contributed by atoms with Crippen molar-refractivity contribution in [1.29, 1.82) is 0 Å². The number of ketones is 1. The third-order valence-corrected chi connectivity index (χ3v) is 7.57. The Morgan fingerprint density at radius 1 is 1.17 bits per heavy atom. The Labute approximate surface area is 243 Å². The van der Waals surface area contributed by atoms with Crippen molar-refractivity contribution in [3.63, 3.8) is 0 Å². The van der Waals surface area contributed by atoms with E-state index >= 15 is 0 Å². The first kappa shape index (κ1) is 33.8. The van der Waals surface area contributed by atoms with E-state index in [1.807, 2.05) is 27.7 Å². The van der Waals surface area contributed by atoms with Crippen molar-refractivity contribution in [1.82, 2.24) is 10.2 Å². The van der Waals surface area contributed by atoms with Crippen LogP contribution in [0.2, 0.25) is 0 Å². The number of hydrogen-bond acceptors (Lipinski definition) is 5. The van der Waals surface area contributed by atoms with Crippen molar-refractivity contribution >= 4 is 11.5 Å². The van der Waals surface area contributed by atoms with Gasteiger partial charge in [-0.2, -0.15) is 9.49 Å². The standard InChI is InChI=1S/C29H35F2N3O2.C4H10O/c1-7-17(4)19(6)24(14-32-27(18(5)8-2)25-15-33-34-29(25)31)23(9-3)28(35)21-12-20-13-22(30)10-11-26(20)36-16-21;1-3-4(2)5/h9-11,13-15,17-18,21H,6-8,12,16H2,1-5H3,(H,33,34);4-5H,3H2,1-2H3/b23-9+,24-14+,32-27?;/t;4-/m.1/s1. The first-order valence-electron chi connectivity index (χ1n) is 14.4. The first-order valence-corrected chi connectivity index (χ1v) is 14.4. The molecule has 6 nitrogen and oxygen atoms in total. The number of aliphatic hydroxyl groups excluding tert-OH is 1. The Hall–Kier alpha value is -3.39. The van der Waals surface area contributed by atoms with Gasteiger partial charge in [-0.05, 0) is 80.7 Å². The van der Waals surface area contributed by atoms with Crippen LogP contribution in [0.1, 0.15) is 78.9 Å². The van der Waals surface area contributed by atoms with E-state index in [9.17, 15) is 13.6 Å². The molecule has 41 heavy (non-hydrogen) atoms. The summed E-state index contributed by atoms with van der Waals surface area (Å²) < 4.78 is 34.0. The van der Waals surface area contributed by atoms with Gasteiger partial charge in [0.15, 0.2) is 5.78 Å². The fourth-order valence-corrected chi connectivity index (χ4v) is 4.26. The molecule has 0 saturated carbocycles. The third kappa shape index (κ3) is 9.05. The van der Waals surface area contributed by atoms with Crippen molar-refractivity contribution in [2.24, 2.45) is 22.7 Å². The maximum Gasteiger partial charge on any atom is 0.218 e. The highest BCUT2D eigenvalue weighted by Gasteiger charge is 2.30. The Morgan fingerprint density at radius 3 is 2.37 bits per heavy atom. The number of H-pyrrole nitrogens is 1. The molecule has 2 aromatic rings. The third-order valence-electron chi connectivity index (χ3n) is 7.57. The molecule has 4 atom stereocenters. The van der Waals surface area contributed by atoms with Gasteiger partial charge in [0, 0.05) is 17.3 Å². The molecule has 0 aliphatic carbocycles. The highest BCUT2D eigenvalue weighted by molar-refractivity contribution is 6.04. The lowest BCUT2D eigenvalue weighted by Crippen LogP contribution is -2.30. The van der Waals surface area contributed by atoms with Gasteiger partial charge in [-0.15, -0.1) is 0 Å². The molecule has 8 heteroatoms. The molecule has 0 amide bonds. The summed E-state index contributed by atoms with van der Waals surface area (Å²) in [5, 5.41) is 14.5. The van der Waals surface area contributed by atoms with E-state index in [-0.39, 0.29) is 36.1 Å². The predicted molar refractivity (Wildman–Crippen MR) is 161 cm³/mol. The molecular formula is C33H45F2N3O3. The molecule has 224 valence electrons. The lowest BCUT2D eigenvalue weighted by Gasteiger charge is -2.26. The van der Waals surface area contributed by atoms with Crippen LogP contribution < -0.4 is 4.74 Å². The van der Waals surface area contributed by atoms with Crippen LogP contribution >= 0.6 is 0 Å². The zero-order valence-electron chi connectivity index (χ0n) is 25.4. The zero-order valence-corrected chi connectivity index (χ0v) is 25.4. The molecule has 2 N–H and O–H groups in total. The topological polar surface area (TPSA) is 87.6 Å². The fraction of sp³-hybridized carbons (Fsp3) is 0.485. The number of nitrogens with one attached hydrogen (secondary N) is 1. The van der Waals surface area contributed by atoms with Crippen molar-refractivity contribution in [2.45, 2.75) is 80.3 Å². The van der Waals surface area contributed by atoms with Crippen LogP contribution in [0.25, 0.3) is 0 Å². The molecule has 1 aromatic carbocycles. The number of hydrogen-bond donors (Lipinski definition) is 2. The largest absolute Gasteiger partial charge is 0.493 e. The summed E-state index contributed by atoms with van der Waals surface area (Å²) in [7, 11) is 0. The molecule has 3 unspecified atom stereocenters. The Bertz CT molecular complexity index is 1280. The Morgan fingerprint density at radius 2 is 1.83 bits per heavy atom. The monoisotopic (exact) mass is 569 g/mol. The van der Waals surface area contributed by atoms with E-state index < -0.39 is 11.9 Å². The van der Waals surface area contributed by atoms with Gasteiger partial charge in [0.1, 0.15) is 11.6 Å². The average Bonchev–Trinajstić information content (AvgIpc) is 3.40. The molecule has 0 bridgehead atoms. The van der Waals surface area contributed by atoms with Gasteiger partial charge in [0.05, 0.1) is 36.1 Å². The average molecular weight is 570 g/mol. The summed E-state index contributed by atoms with van der Waals surface area (Å²) >= 11 is 0.